The zero-order valence-electron chi connectivity index (χ0n) is 18.8. The highest BCUT2D eigenvalue weighted by molar-refractivity contribution is 5.90. The molecule has 5 nitrogen and oxygen atoms in total. The van der Waals surface area contributed by atoms with Crippen LogP contribution in [0, 0.1) is 34.5 Å². The summed E-state index contributed by atoms with van der Waals surface area (Å²) in [5.41, 5.74) is 1.22. The number of rotatable bonds is 4. The van der Waals surface area contributed by atoms with E-state index in [-0.39, 0.29) is 17.2 Å². The van der Waals surface area contributed by atoms with Gasteiger partial charge in [-0.1, -0.05) is 19.9 Å². The highest BCUT2D eigenvalue weighted by Gasteiger charge is 2.59. The maximum atomic E-state index is 12.5. The first-order valence-corrected chi connectivity index (χ1v) is 12.1. The Bertz CT molecular complexity index is 884. The smallest absolute Gasteiger partial charge is 0.243 e. The van der Waals surface area contributed by atoms with Gasteiger partial charge in [-0.05, 0) is 92.2 Å². The third-order valence-corrected chi connectivity index (χ3v) is 9.55. The third kappa shape index (κ3) is 3.50. The van der Waals surface area contributed by atoms with Crippen LogP contribution in [-0.4, -0.2) is 22.8 Å². The molecule has 3 aliphatic carbocycles. The molecule has 0 aromatic carbocycles. The first kappa shape index (κ1) is 20.7. The maximum absolute atomic E-state index is 12.5. The number of hydrogen-bond acceptors (Lipinski definition) is 3. The van der Waals surface area contributed by atoms with Gasteiger partial charge in [-0.2, -0.15) is 0 Å². The molecule has 3 fully saturated rings. The Hall–Kier alpha value is -2.17. The minimum absolute atomic E-state index is 0.0760. The molecule has 7 atom stereocenters. The predicted molar refractivity (Wildman–Crippen MR) is 121 cm³/mol. The number of carbonyl (C=O) groups is 2. The Balaban J connectivity index is 1.25. The number of carbonyl (C=O) groups excluding carboxylic acids is 2. The van der Waals surface area contributed by atoms with Gasteiger partial charge in [-0.3, -0.25) is 14.6 Å². The van der Waals surface area contributed by atoms with Gasteiger partial charge in [-0.25, -0.2) is 0 Å². The second kappa shape index (κ2) is 7.75. The summed E-state index contributed by atoms with van der Waals surface area (Å²) in [7, 11) is 0. The van der Waals surface area contributed by atoms with Gasteiger partial charge in [0.25, 0.3) is 0 Å². The van der Waals surface area contributed by atoms with E-state index in [1.807, 2.05) is 12.1 Å². The molecule has 3 saturated carbocycles. The Kier molecular flexibility index (Phi) is 5.18. The normalized spacial score (nSPS) is 41.0. The fourth-order valence-electron chi connectivity index (χ4n) is 7.88. The van der Waals surface area contributed by atoms with Gasteiger partial charge < -0.3 is 10.6 Å². The molecule has 0 radical (unpaired) electrons. The molecule has 1 aromatic rings. The molecule has 1 aromatic heterocycles. The Morgan fingerprint density at radius 1 is 1.19 bits per heavy atom. The molecule has 4 aliphatic rings. The van der Waals surface area contributed by atoms with Crippen LogP contribution in [0.5, 0.6) is 0 Å². The van der Waals surface area contributed by atoms with Gasteiger partial charge in [0.1, 0.15) is 0 Å². The minimum Gasteiger partial charge on any atom is -0.349 e. The van der Waals surface area contributed by atoms with Crippen molar-refractivity contribution in [2.24, 2.45) is 34.5 Å². The first-order valence-electron chi connectivity index (χ1n) is 12.1. The van der Waals surface area contributed by atoms with Crippen LogP contribution < -0.4 is 10.6 Å². The van der Waals surface area contributed by atoms with Gasteiger partial charge in [0.2, 0.25) is 11.8 Å². The van der Waals surface area contributed by atoms with Crippen molar-refractivity contribution >= 4 is 17.5 Å². The topological polar surface area (TPSA) is 71.1 Å². The second-order valence-corrected chi connectivity index (χ2v) is 10.9. The summed E-state index contributed by atoms with van der Waals surface area (Å²) in [5, 5.41) is 6.24. The molecular formula is C26H35N3O2. The summed E-state index contributed by atoms with van der Waals surface area (Å²) < 4.78 is 0. The highest BCUT2D eigenvalue weighted by Crippen LogP contribution is 2.65. The van der Waals surface area contributed by atoms with Crippen LogP contribution in [0.3, 0.4) is 0 Å². The van der Waals surface area contributed by atoms with E-state index in [2.05, 4.69) is 35.5 Å². The van der Waals surface area contributed by atoms with E-state index in [1.54, 1.807) is 18.5 Å². The van der Waals surface area contributed by atoms with Crippen molar-refractivity contribution in [3.8, 4) is 0 Å². The SMILES string of the molecule is C[C@]12C=CC(=O)N[C@@H]1CC[C@@H]1[C@@H]2CC[C@]2(C)[C@@H](CCC(=O)Nc3cccnc3)CC[C@@H]12. The molecule has 0 spiro atoms. The Morgan fingerprint density at radius 2 is 2.06 bits per heavy atom. The fraction of sp³-hybridized carbons (Fsp3) is 0.654. The number of amides is 2. The first-order chi connectivity index (χ1) is 14.9. The largest absolute Gasteiger partial charge is 0.349 e. The van der Waals surface area contributed by atoms with Crippen LogP contribution in [0.25, 0.3) is 0 Å². The van der Waals surface area contributed by atoms with E-state index in [0.717, 1.165) is 30.4 Å². The lowest BCUT2D eigenvalue weighted by Crippen LogP contribution is -2.59. The third-order valence-electron chi connectivity index (χ3n) is 9.55. The molecule has 1 aliphatic heterocycles. The summed E-state index contributed by atoms with van der Waals surface area (Å²) >= 11 is 0. The van der Waals surface area contributed by atoms with E-state index in [9.17, 15) is 9.59 Å². The van der Waals surface area contributed by atoms with Gasteiger partial charge >= 0.3 is 0 Å². The molecule has 2 N–H and O–H groups in total. The van der Waals surface area contributed by atoms with Crippen molar-refractivity contribution in [1.29, 1.82) is 0 Å². The minimum atomic E-state index is 0.0760. The van der Waals surface area contributed by atoms with E-state index < -0.39 is 0 Å². The number of fused-ring (bicyclic) bond motifs is 5. The van der Waals surface area contributed by atoms with Crippen molar-refractivity contribution in [2.75, 3.05) is 5.32 Å². The zero-order chi connectivity index (χ0) is 21.6. The van der Waals surface area contributed by atoms with Crippen LogP contribution in [0.1, 0.15) is 65.2 Å². The van der Waals surface area contributed by atoms with E-state index in [4.69, 9.17) is 0 Å². The molecule has 0 bridgehead atoms. The standard InChI is InChI=1S/C26H35N3O2/c1-25-13-11-21-19(7-9-22-26(21,2)14-12-24(31)29-22)20(25)8-5-17(25)6-10-23(30)28-18-4-3-15-27-16-18/h3-4,12,14-17,19-22H,5-11,13H2,1-2H3,(H,28,30)(H,29,31)/t17-,19+,20+,21+,22-,25-,26-/m1/s1. The summed E-state index contributed by atoms with van der Waals surface area (Å²) in [6, 6.07) is 4.03. The van der Waals surface area contributed by atoms with Crippen LogP contribution in [-0.2, 0) is 9.59 Å². The number of nitrogens with one attached hydrogen (secondary N) is 2. The van der Waals surface area contributed by atoms with Crippen molar-refractivity contribution in [2.45, 2.75) is 71.3 Å². The molecule has 5 rings (SSSR count). The lowest BCUT2D eigenvalue weighted by molar-refractivity contribution is -0.123. The highest BCUT2D eigenvalue weighted by atomic mass is 16.2. The molecule has 2 amide bonds. The molecule has 31 heavy (non-hydrogen) atoms. The summed E-state index contributed by atoms with van der Waals surface area (Å²) in [5.74, 6) is 2.96. The number of anilines is 1. The molecule has 0 unspecified atom stereocenters. The zero-order valence-corrected chi connectivity index (χ0v) is 18.8. The quantitative estimate of drug-likeness (QED) is 0.739. The molecule has 2 heterocycles. The molecule has 166 valence electrons. The van der Waals surface area contributed by atoms with Crippen LogP contribution >= 0.6 is 0 Å². The van der Waals surface area contributed by atoms with Crippen LogP contribution in [0.15, 0.2) is 36.7 Å². The summed E-state index contributed by atoms with van der Waals surface area (Å²) in [4.78, 5) is 28.5. The maximum Gasteiger partial charge on any atom is 0.243 e. The van der Waals surface area contributed by atoms with Crippen molar-refractivity contribution in [3.63, 3.8) is 0 Å². The second-order valence-electron chi connectivity index (χ2n) is 10.9. The van der Waals surface area contributed by atoms with Gasteiger partial charge in [0, 0.05) is 24.1 Å². The Morgan fingerprint density at radius 3 is 2.87 bits per heavy atom. The van der Waals surface area contributed by atoms with Crippen LogP contribution in [0.4, 0.5) is 5.69 Å². The molecule has 5 heteroatoms. The predicted octanol–water partition coefficient (Wildman–Crippen LogP) is 4.71. The molecule has 0 saturated heterocycles. The van der Waals surface area contributed by atoms with Crippen molar-refractivity contribution in [3.05, 3.63) is 36.7 Å². The van der Waals surface area contributed by atoms with Gasteiger partial charge in [-0.15, -0.1) is 0 Å². The number of nitrogens with zero attached hydrogens (tertiary/aromatic N) is 1. The fourth-order valence-corrected chi connectivity index (χ4v) is 7.88. The van der Waals surface area contributed by atoms with Gasteiger partial charge in [0.15, 0.2) is 0 Å². The van der Waals surface area contributed by atoms with E-state index in [0.29, 0.717) is 29.7 Å². The summed E-state index contributed by atoms with van der Waals surface area (Å²) in [6.45, 7) is 4.89. The number of hydrogen-bond donors (Lipinski definition) is 2. The number of pyridine rings is 1. The average Bonchev–Trinajstić information content (AvgIpc) is 3.10. The van der Waals surface area contributed by atoms with E-state index in [1.165, 1.54) is 32.1 Å². The van der Waals surface area contributed by atoms with E-state index >= 15 is 0 Å². The number of aromatic nitrogens is 1. The Labute approximate surface area is 185 Å². The van der Waals surface area contributed by atoms with Crippen molar-refractivity contribution < 1.29 is 9.59 Å². The van der Waals surface area contributed by atoms with Crippen molar-refractivity contribution in [1.82, 2.24) is 10.3 Å². The lowest BCUT2D eigenvalue weighted by atomic mass is 9.48. The monoisotopic (exact) mass is 421 g/mol. The lowest BCUT2D eigenvalue weighted by Gasteiger charge is -2.59. The summed E-state index contributed by atoms with van der Waals surface area (Å²) in [6.07, 6.45) is 16.3. The van der Waals surface area contributed by atoms with Gasteiger partial charge in [0.05, 0.1) is 11.9 Å². The average molecular weight is 422 g/mol. The van der Waals surface area contributed by atoms with Crippen LogP contribution in [0.2, 0.25) is 0 Å². The molecular weight excluding hydrogens is 386 g/mol.